The highest BCUT2D eigenvalue weighted by atomic mass is 16.5. The molecule has 1 unspecified atom stereocenters. The largest absolute Gasteiger partial charge is 0.481 e. The van der Waals surface area contributed by atoms with Crippen molar-refractivity contribution in [2.75, 3.05) is 26.9 Å². The van der Waals surface area contributed by atoms with Crippen LogP contribution in [0.3, 0.4) is 0 Å². The van der Waals surface area contributed by atoms with Gasteiger partial charge in [0.05, 0.1) is 12.0 Å². The Kier molecular flexibility index (Phi) is 8.28. The number of benzene rings is 2. The molecule has 0 saturated heterocycles. The molecule has 0 fully saturated rings. The quantitative estimate of drug-likeness (QED) is 0.465. The van der Waals surface area contributed by atoms with Crippen LogP contribution in [0, 0.1) is 5.41 Å². The number of ether oxygens (including phenoxy) is 2. The number of carboxylic acid groups (broad SMARTS) is 1. The molecule has 182 valence electrons. The van der Waals surface area contributed by atoms with Crippen LogP contribution in [0.2, 0.25) is 0 Å². The highest BCUT2D eigenvalue weighted by molar-refractivity contribution is 5.86. The standard InChI is InChI=1S/C26H32N2O6/c1-4-26(5-2,24(30)31)16-27-23(29)22(15-33-3)28-25(32)34-14-21-19-12-8-6-10-17(19)18-11-7-9-13-20(18)21/h6-13,21-22H,4-5,14-16H2,1-3H3,(H,27,29)(H,28,32)(H,30,31). The fourth-order valence-corrected chi connectivity index (χ4v) is 4.39. The molecule has 1 aliphatic rings. The molecule has 2 amide bonds. The minimum Gasteiger partial charge on any atom is -0.481 e. The second-order valence-corrected chi connectivity index (χ2v) is 8.49. The number of rotatable bonds is 11. The molecule has 34 heavy (non-hydrogen) atoms. The van der Waals surface area contributed by atoms with Crippen LogP contribution in [0.5, 0.6) is 0 Å². The number of aliphatic carboxylic acids is 1. The van der Waals surface area contributed by atoms with Gasteiger partial charge in [0.25, 0.3) is 0 Å². The highest BCUT2D eigenvalue weighted by Crippen LogP contribution is 2.44. The first-order valence-corrected chi connectivity index (χ1v) is 11.5. The maximum Gasteiger partial charge on any atom is 0.407 e. The number of carbonyl (C=O) groups is 3. The Labute approximate surface area is 199 Å². The third-order valence-electron chi connectivity index (χ3n) is 6.69. The number of carbonyl (C=O) groups excluding carboxylic acids is 2. The van der Waals surface area contributed by atoms with E-state index in [0.717, 1.165) is 22.3 Å². The minimum absolute atomic E-state index is 0.0409. The molecule has 0 radical (unpaired) electrons. The lowest BCUT2D eigenvalue weighted by molar-refractivity contribution is -0.149. The Balaban J connectivity index is 1.62. The lowest BCUT2D eigenvalue weighted by Gasteiger charge is -2.28. The molecule has 2 aromatic rings. The average molecular weight is 469 g/mol. The topological polar surface area (TPSA) is 114 Å². The van der Waals surface area contributed by atoms with Crippen LogP contribution < -0.4 is 10.6 Å². The van der Waals surface area contributed by atoms with Gasteiger partial charge in [0.1, 0.15) is 12.6 Å². The van der Waals surface area contributed by atoms with Gasteiger partial charge in [0.2, 0.25) is 5.91 Å². The molecule has 0 bridgehead atoms. The van der Waals surface area contributed by atoms with Crippen molar-refractivity contribution in [1.29, 1.82) is 0 Å². The molecular weight excluding hydrogens is 436 g/mol. The SMILES string of the molecule is CCC(CC)(CNC(=O)C(COC)NC(=O)OCC1c2ccccc2-c2ccccc21)C(=O)O. The van der Waals surface area contributed by atoms with Crippen molar-refractivity contribution in [2.45, 2.75) is 38.6 Å². The zero-order valence-corrected chi connectivity index (χ0v) is 19.8. The van der Waals surface area contributed by atoms with Crippen LogP contribution in [0.4, 0.5) is 4.79 Å². The fraction of sp³-hybridized carbons (Fsp3) is 0.423. The number of alkyl carbamates (subject to hydrolysis) is 1. The number of nitrogens with one attached hydrogen (secondary N) is 2. The summed E-state index contributed by atoms with van der Waals surface area (Å²) in [6.07, 6.45) is -0.00334. The third-order valence-corrected chi connectivity index (χ3v) is 6.69. The first kappa shape index (κ1) is 25.2. The van der Waals surface area contributed by atoms with Gasteiger partial charge < -0.3 is 25.2 Å². The summed E-state index contributed by atoms with van der Waals surface area (Å²) in [5.41, 5.74) is 3.37. The monoisotopic (exact) mass is 468 g/mol. The van der Waals surface area contributed by atoms with Gasteiger partial charge in [-0.3, -0.25) is 9.59 Å². The lowest BCUT2D eigenvalue weighted by atomic mass is 9.82. The third kappa shape index (κ3) is 5.22. The van der Waals surface area contributed by atoms with Gasteiger partial charge in [-0.15, -0.1) is 0 Å². The van der Waals surface area contributed by atoms with Gasteiger partial charge in [0, 0.05) is 19.6 Å². The van der Waals surface area contributed by atoms with E-state index in [1.807, 2.05) is 36.4 Å². The molecule has 8 heteroatoms. The van der Waals surface area contributed by atoms with Crippen molar-refractivity contribution in [2.24, 2.45) is 5.41 Å². The number of amides is 2. The molecule has 1 atom stereocenters. The minimum atomic E-state index is -1.06. The summed E-state index contributed by atoms with van der Waals surface area (Å²) in [6.45, 7) is 3.54. The molecule has 0 spiro atoms. The van der Waals surface area contributed by atoms with Crippen LogP contribution in [-0.4, -0.2) is 56.0 Å². The molecule has 8 nitrogen and oxygen atoms in total. The van der Waals surface area contributed by atoms with Gasteiger partial charge >= 0.3 is 12.1 Å². The van der Waals surface area contributed by atoms with Gasteiger partial charge in [-0.2, -0.15) is 0 Å². The summed E-state index contributed by atoms with van der Waals surface area (Å²) in [5.74, 6) is -1.59. The summed E-state index contributed by atoms with van der Waals surface area (Å²) in [4.78, 5) is 37.0. The van der Waals surface area contributed by atoms with Crippen LogP contribution >= 0.6 is 0 Å². The number of methoxy groups -OCH3 is 1. The molecule has 2 aromatic carbocycles. The van der Waals surface area contributed by atoms with Crippen LogP contribution in [0.1, 0.15) is 43.7 Å². The van der Waals surface area contributed by atoms with E-state index < -0.39 is 29.4 Å². The molecule has 0 heterocycles. The van der Waals surface area contributed by atoms with Crippen molar-refractivity contribution in [1.82, 2.24) is 10.6 Å². The van der Waals surface area contributed by atoms with E-state index in [0.29, 0.717) is 12.8 Å². The zero-order valence-electron chi connectivity index (χ0n) is 19.8. The van der Waals surface area contributed by atoms with E-state index in [4.69, 9.17) is 9.47 Å². The number of fused-ring (bicyclic) bond motifs is 3. The first-order valence-electron chi connectivity index (χ1n) is 11.5. The Morgan fingerprint density at radius 2 is 1.56 bits per heavy atom. The van der Waals surface area contributed by atoms with Crippen molar-refractivity contribution < 1.29 is 29.0 Å². The molecule has 1 aliphatic carbocycles. The molecular formula is C26H32N2O6. The Bertz CT molecular complexity index is 988. The molecule has 0 aliphatic heterocycles. The van der Waals surface area contributed by atoms with Crippen molar-refractivity contribution in [3.05, 3.63) is 59.7 Å². The van der Waals surface area contributed by atoms with E-state index in [1.165, 1.54) is 7.11 Å². The second kappa shape index (κ2) is 11.2. The van der Waals surface area contributed by atoms with Crippen LogP contribution in [0.15, 0.2) is 48.5 Å². The summed E-state index contributed by atoms with van der Waals surface area (Å²) < 4.78 is 10.6. The highest BCUT2D eigenvalue weighted by Gasteiger charge is 2.36. The predicted octanol–water partition coefficient (Wildman–Crippen LogP) is 3.55. The van der Waals surface area contributed by atoms with E-state index in [-0.39, 0.29) is 25.7 Å². The van der Waals surface area contributed by atoms with E-state index in [2.05, 4.69) is 22.8 Å². The van der Waals surface area contributed by atoms with Gasteiger partial charge in [0.15, 0.2) is 0 Å². The van der Waals surface area contributed by atoms with E-state index in [1.54, 1.807) is 13.8 Å². The van der Waals surface area contributed by atoms with Crippen LogP contribution in [-0.2, 0) is 19.1 Å². The fourth-order valence-electron chi connectivity index (χ4n) is 4.39. The van der Waals surface area contributed by atoms with Crippen molar-refractivity contribution in [3.63, 3.8) is 0 Å². The Morgan fingerprint density at radius 1 is 1.00 bits per heavy atom. The Morgan fingerprint density at radius 3 is 2.06 bits per heavy atom. The average Bonchev–Trinajstić information content (AvgIpc) is 3.17. The second-order valence-electron chi connectivity index (χ2n) is 8.49. The summed E-state index contributed by atoms with van der Waals surface area (Å²) in [6, 6.07) is 15.0. The lowest BCUT2D eigenvalue weighted by Crippen LogP contribution is -2.52. The first-order chi connectivity index (χ1) is 16.4. The van der Waals surface area contributed by atoms with Gasteiger partial charge in [-0.05, 0) is 35.1 Å². The smallest absolute Gasteiger partial charge is 0.407 e. The number of hydrogen-bond donors (Lipinski definition) is 3. The number of carboxylic acids is 1. The molecule has 3 rings (SSSR count). The maximum absolute atomic E-state index is 12.7. The normalized spacial score (nSPS) is 13.5. The van der Waals surface area contributed by atoms with Crippen molar-refractivity contribution >= 4 is 18.0 Å². The zero-order chi connectivity index (χ0) is 24.7. The summed E-state index contributed by atoms with van der Waals surface area (Å²) in [7, 11) is 1.42. The van der Waals surface area contributed by atoms with E-state index >= 15 is 0 Å². The Hall–Kier alpha value is -3.39. The van der Waals surface area contributed by atoms with Crippen LogP contribution in [0.25, 0.3) is 11.1 Å². The maximum atomic E-state index is 12.7. The molecule has 0 aromatic heterocycles. The van der Waals surface area contributed by atoms with Crippen molar-refractivity contribution in [3.8, 4) is 11.1 Å². The predicted molar refractivity (Wildman–Crippen MR) is 128 cm³/mol. The van der Waals surface area contributed by atoms with Gasteiger partial charge in [-0.25, -0.2) is 4.79 Å². The molecule has 3 N–H and O–H groups in total. The number of hydrogen-bond acceptors (Lipinski definition) is 5. The molecule has 0 saturated carbocycles. The summed E-state index contributed by atoms with van der Waals surface area (Å²) in [5, 5.41) is 14.8. The summed E-state index contributed by atoms with van der Waals surface area (Å²) >= 11 is 0. The van der Waals surface area contributed by atoms with Gasteiger partial charge in [-0.1, -0.05) is 62.4 Å². The van der Waals surface area contributed by atoms with E-state index in [9.17, 15) is 19.5 Å².